The Morgan fingerprint density at radius 2 is 1.88 bits per heavy atom. The Kier molecular flexibility index (Phi) is 3.88. The molecule has 4 rings (SSSR count). The monoisotopic (exact) mass is 351 g/mol. The van der Waals surface area contributed by atoms with Crippen LogP contribution in [0.5, 0.6) is 0 Å². The van der Waals surface area contributed by atoms with Crippen LogP contribution in [0.3, 0.4) is 0 Å². The number of rotatable bonds is 3. The molecule has 26 heavy (non-hydrogen) atoms. The number of carbonyl (C=O) groups excluding carboxylic acids is 1. The highest BCUT2D eigenvalue weighted by Gasteiger charge is 2.38. The van der Waals surface area contributed by atoms with E-state index in [1.807, 2.05) is 13.0 Å². The molecular weight excluding hydrogens is 336 g/mol. The Bertz CT molecular complexity index is 989. The van der Waals surface area contributed by atoms with Crippen LogP contribution in [0.2, 0.25) is 0 Å². The highest BCUT2D eigenvalue weighted by Crippen LogP contribution is 2.37. The number of halogens is 2. The first-order valence-electron chi connectivity index (χ1n) is 8.11. The van der Waals surface area contributed by atoms with Crippen LogP contribution in [-0.2, 0) is 0 Å². The third kappa shape index (κ3) is 2.69. The van der Waals surface area contributed by atoms with Crippen LogP contribution >= 0.6 is 0 Å². The van der Waals surface area contributed by atoms with E-state index in [2.05, 4.69) is 10.3 Å². The van der Waals surface area contributed by atoms with E-state index in [1.54, 1.807) is 36.5 Å². The summed E-state index contributed by atoms with van der Waals surface area (Å²) < 4.78 is 27.7. The fraction of sp³-hybridized carbons (Fsp3) is 0.100. The van der Waals surface area contributed by atoms with Gasteiger partial charge in [-0.05, 0) is 36.8 Å². The van der Waals surface area contributed by atoms with Crippen molar-refractivity contribution in [2.75, 3.05) is 10.2 Å². The molecule has 1 atom stereocenters. The van der Waals surface area contributed by atoms with Crippen LogP contribution < -0.4 is 10.2 Å². The molecule has 0 spiro atoms. The molecule has 0 saturated heterocycles. The molecule has 1 N–H and O–H groups in total. The van der Waals surface area contributed by atoms with E-state index in [0.717, 1.165) is 23.8 Å². The number of aryl methyl sites for hydroxylation is 1. The van der Waals surface area contributed by atoms with Gasteiger partial charge in [-0.3, -0.25) is 9.69 Å². The molecule has 0 fully saturated rings. The summed E-state index contributed by atoms with van der Waals surface area (Å²) in [6.07, 6.45) is 0.969. The van der Waals surface area contributed by atoms with Crippen molar-refractivity contribution < 1.29 is 13.6 Å². The van der Waals surface area contributed by atoms with Gasteiger partial charge >= 0.3 is 0 Å². The Morgan fingerprint density at radius 3 is 2.65 bits per heavy atom. The highest BCUT2D eigenvalue weighted by molar-refractivity contribution is 6.11. The summed E-state index contributed by atoms with van der Waals surface area (Å²) >= 11 is 0. The lowest BCUT2D eigenvalue weighted by atomic mass is 10.1. The third-order valence-corrected chi connectivity index (χ3v) is 4.33. The van der Waals surface area contributed by atoms with Crippen molar-refractivity contribution in [3.8, 4) is 0 Å². The maximum absolute atomic E-state index is 14.1. The lowest BCUT2D eigenvalue weighted by molar-refractivity contribution is 0.0992. The summed E-state index contributed by atoms with van der Waals surface area (Å²) in [5.41, 5.74) is 2.13. The maximum atomic E-state index is 14.1. The molecule has 1 amide bonds. The van der Waals surface area contributed by atoms with E-state index in [9.17, 15) is 13.6 Å². The molecule has 2 heterocycles. The van der Waals surface area contributed by atoms with E-state index >= 15 is 0 Å². The van der Waals surface area contributed by atoms with Gasteiger partial charge in [0.2, 0.25) is 0 Å². The number of fused-ring (bicyclic) bond motifs is 1. The van der Waals surface area contributed by atoms with Gasteiger partial charge < -0.3 is 5.32 Å². The fourth-order valence-electron chi connectivity index (χ4n) is 3.05. The van der Waals surface area contributed by atoms with Gasteiger partial charge in [-0.2, -0.15) is 0 Å². The van der Waals surface area contributed by atoms with Crippen molar-refractivity contribution >= 4 is 17.4 Å². The zero-order chi connectivity index (χ0) is 18.3. The van der Waals surface area contributed by atoms with Crippen molar-refractivity contribution in [2.24, 2.45) is 0 Å². The van der Waals surface area contributed by atoms with Gasteiger partial charge in [0.1, 0.15) is 23.6 Å². The van der Waals surface area contributed by atoms with E-state index in [1.165, 1.54) is 4.90 Å². The molecule has 0 aliphatic carbocycles. The number of nitrogens with one attached hydrogen (secondary N) is 1. The molecule has 3 aromatic rings. The standard InChI is InChI=1S/C20H15F2N3O/c1-12-6-9-18(23-11-12)25-19(14-4-2-3-5-15(14)20(25)26)24-17-10-13(21)7-8-16(17)22/h2-11,19,24H,1H3/t19-/m0/s1. The minimum absolute atomic E-state index is 0.0170. The van der Waals surface area contributed by atoms with Crippen molar-refractivity contribution in [3.63, 3.8) is 0 Å². The second-order valence-corrected chi connectivity index (χ2v) is 6.13. The van der Waals surface area contributed by atoms with Crippen LogP contribution in [-0.4, -0.2) is 10.9 Å². The van der Waals surface area contributed by atoms with Gasteiger partial charge in [-0.15, -0.1) is 0 Å². The summed E-state index contributed by atoms with van der Waals surface area (Å²) in [6, 6.07) is 13.8. The Balaban J connectivity index is 1.80. The zero-order valence-corrected chi connectivity index (χ0v) is 13.9. The van der Waals surface area contributed by atoms with Crippen LogP contribution in [0.15, 0.2) is 60.8 Å². The van der Waals surface area contributed by atoms with Gasteiger partial charge in [0.15, 0.2) is 0 Å². The molecule has 6 heteroatoms. The molecule has 0 bridgehead atoms. The van der Waals surface area contributed by atoms with Gasteiger partial charge in [0, 0.05) is 23.4 Å². The lowest BCUT2D eigenvalue weighted by Gasteiger charge is -2.26. The quantitative estimate of drug-likeness (QED) is 0.759. The first-order valence-corrected chi connectivity index (χ1v) is 8.11. The van der Waals surface area contributed by atoms with Crippen molar-refractivity contribution in [1.82, 2.24) is 4.98 Å². The molecule has 1 aliphatic rings. The van der Waals surface area contributed by atoms with Crippen LogP contribution in [0.1, 0.15) is 27.7 Å². The number of anilines is 2. The number of hydrogen-bond acceptors (Lipinski definition) is 3. The summed E-state index contributed by atoms with van der Waals surface area (Å²) in [4.78, 5) is 18.7. The van der Waals surface area contributed by atoms with Crippen molar-refractivity contribution in [1.29, 1.82) is 0 Å². The molecule has 0 saturated carbocycles. The maximum Gasteiger partial charge on any atom is 0.261 e. The molecule has 0 unspecified atom stereocenters. The van der Waals surface area contributed by atoms with E-state index in [0.29, 0.717) is 16.9 Å². The third-order valence-electron chi connectivity index (χ3n) is 4.33. The van der Waals surface area contributed by atoms with Gasteiger partial charge in [0.25, 0.3) is 5.91 Å². The average Bonchev–Trinajstić information content (AvgIpc) is 2.92. The van der Waals surface area contributed by atoms with Crippen LogP contribution in [0.25, 0.3) is 0 Å². The van der Waals surface area contributed by atoms with Gasteiger partial charge in [0.05, 0.1) is 5.69 Å². The molecular formula is C20H15F2N3O. The number of amides is 1. The van der Waals surface area contributed by atoms with E-state index in [-0.39, 0.29) is 11.6 Å². The molecule has 130 valence electrons. The van der Waals surface area contributed by atoms with Gasteiger partial charge in [-0.1, -0.05) is 24.3 Å². The Hall–Kier alpha value is -3.28. The molecule has 1 aromatic heterocycles. The first-order chi connectivity index (χ1) is 12.5. The number of nitrogens with zero attached hydrogens (tertiary/aromatic N) is 2. The summed E-state index contributed by atoms with van der Waals surface area (Å²) in [7, 11) is 0. The van der Waals surface area contributed by atoms with Crippen LogP contribution in [0.4, 0.5) is 20.3 Å². The fourth-order valence-corrected chi connectivity index (χ4v) is 3.05. The SMILES string of the molecule is Cc1ccc(N2C(=O)c3ccccc3[C@H]2Nc2cc(F)ccc2F)nc1. The summed E-state index contributed by atoms with van der Waals surface area (Å²) in [5, 5.41) is 2.95. The molecule has 2 aromatic carbocycles. The zero-order valence-electron chi connectivity index (χ0n) is 13.9. The number of aromatic nitrogens is 1. The highest BCUT2D eigenvalue weighted by atomic mass is 19.1. The number of hydrogen-bond donors (Lipinski definition) is 1. The minimum Gasteiger partial charge on any atom is -0.359 e. The average molecular weight is 351 g/mol. The molecule has 0 radical (unpaired) electrons. The van der Waals surface area contributed by atoms with E-state index in [4.69, 9.17) is 0 Å². The van der Waals surface area contributed by atoms with Gasteiger partial charge in [-0.25, -0.2) is 13.8 Å². The molecule has 1 aliphatic heterocycles. The topological polar surface area (TPSA) is 45.2 Å². The minimum atomic E-state index is -0.690. The second kappa shape index (κ2) is 6.22. The van der Waals surface area contributed by atoms with E-state index < -0.39 is 17.8 Å². The predicted molar refractivity (Wildman–Crippen MR) is 94.9 cm³/mol. The predicted octanol–water partition coefficient (Wildman–Crippen LogP) is 4.44. The smallest absolute Gasteiger partial charge is 0.261 e. The van der Waals surface area contributed by atoms with Crippen molar-refractivity contribution in [3.05, 3.63) is 89.1 Å². The normalized spacial score (nSPS) is 15.9. The Labute approximate surface area is 149 Å². The summed E-state index contributed by atoms with van der Waals surface area (Å²) in [5.74, 6) is -0.969. The Morgan fingerprint density at radius 1 is 1.08 bits per heavy atom. The number of benzene rings is 2. The largest absolute Gasteiger partial charge is 0.359 e. The lowest BCUT2D eigenvalue weighted by Crippen LogP contribution is -2.33. The number of pyridine rings is 1. The molecule has 4 nitrogen and oxygen atoms in total. The summed E-state index contributed by atoms with van der Waals surface area (Å²) in [6.45, 7) is 1.90. The van der Waals surface area contributed by atoms with Crippen LogP contribution in [0, 0.1) is 18.6 Å². The number of carbonyl (C=O) groups is 1. The first kappa shape index (κ1) is 16.2. The van der Waals surface area contributed by atoms with Crippen molar-refractivity contribution in [2.45, 2.75) is 13.1 Å². The second-order valence-electron chi connectivity index (χ2n) is 6.13.